The van der Waals surface area contributed by atoms with Crippen LogP contribution in [0.25, 0.3) is 0 Å². The minimum absolute atomic E-state index is 0.0310. The number of rotatable bonds is 3. The molecule has 0 spiro atoms. The molecule has 1 heterocycles. The Kier molecular flexibility index (Phi) is 4.09. The fourth-order valence-corrected chi connectivity index (χ4v) is 2.43. The smallest absolute Gasteiger partial charge is 0.248 e. The largest absolute Gasteiger partial charge is 0.342 e. The zero-order valence-corrected chi connectivity index (χ0v) is 11.7. The second-order valence-electron chi connectivity index (χ2n) is 5.21. The Morgan fingerprint density at radius 3 is 2.50 bits per heavy atom. The van der Waals surface area contributed by atoms with E-state index in [9.17, 15) is 9.59 Å². The first-order valence-corrected chi connectivity index (χ1v) is 6.65. The van der Waals surface area contributed by atoms with Gasteiger partial charge in [-0.1, -0.05) is 50.1 Å². The fraction of sp³-hybridized carbons (Fsp3) is 0.375. The van der Waals surface area contributed by atoms with E-state index in [0.29, 0.717) is 0 Å². The van der Waals surface area contributed by atoms with Gasteiger partial charge in [0.1, 0.15) is 12.1 Å². The van der Waals surface area contributed by atoms with Crippen LogP contribution in [0.2, 0.25) is 0 Å². The molecule has 2 rings (SSSR count). The lowest BCUT2D eigenvalue weighted by molar-refractivity contribution is -0.150. The van der Waals surface area contributed by atoms with Crippen molar-refractivity contribution in [2.75, 3.05) is 6.54 Å². The molecular weight excluding hydrogens is 252 g/mol. The van der Waals surface area contributed by atoms with Crippen LogP contribution >= 0.6 is 0 Å². The molecule has 104 valence electrons. The minimum atomic E-state index is -0.644. The molecule has 2 atom stereocenters. The molecule has 20 heavy (non-hydrogen) atoms. The van der Waals surface area contributed by atoms with Crippen molar-refractivity contribution in [1.29, 1.82) is 0 Å². The summed E-state index contributed by atoms with van der Waals surface area (Å²) in [6.07, 6.45) is 5.35. The number of nitrogens with zero attached hydrogens (tertiary/aromatic N) is 1. The number of carbonyl (C=O) groups excluding carboxylic acids is 2. The first-order valence-electron chi connectivity index (χ1n) is 6.65. The number of hydrogen-bond acceptors (Lipinski definition) is 2. The molecule has 1 aliphatic rings. The van der Waals surface area contributed by atoms with E-state index < -0.39 is 12.1 Å². The molecule has 1 saturated heterocycles. The Labute approximate surface area is 119 Å². The summed E-state index contributed by atoms with van der Waals surface area (Å²) in [6, 6.07) is 8.07. The maximum absolute atomic E-state index is 12.5. The number of terminal acetylenes is 1. The molecule has 1 aliphatic heterocycles. The summed E-state index contributed by atoms with van der Waals surface area (Å²) in [4.78, 5) is 26.4. The second-order valence-corrected chi connectivity index (χ2v) is 5.21. The summed E-state index contributed by atoms with van der Waals surface area (Å²) in [5.74, 6) is 2.21. The van der Waals surface area contributed by atoms with Gasteiger partial charge in [-0.15, -0.1) is 6.42 Å². The molecule has 0 radical (unpaired) electrons. The third-order valence-electron chi connectivity index (χ3n) is 3.45. The molecule has 0 saturated carbocycles. The maximum atomic E-state index is 12.5. The van der Waals surface area contributed by atoms with Gasteiger partial charge in [-0.25, -0.2) is 0 Å². The quantitative estimate of drug-likeness (QED) is 0.843. The summed E-state index contributed by atoms with van der Waals surface area (Å²) in [5, 5.41) is 2.80. The van der Waals surface area contributed by atoms with Gasteiger partial charge in [-0.3, -0.25) is 9.59 Å². The molecule has 1 aromatic carbocycles. The van der Waals surface area contributed by atoms with Crippen LogP contribution in [0, 0.1) is 18.3 Å². The summed E-state index contributed by atoms with van der Waals surface area (Å²) >= 11 is 0. The molecule has 4 nitrogen and oxygen atoms in total. The molecule has 1 aromatic rings. The van der Waals surface area contributed by atoms with Gasteiger partial charge in [0.2, 0.25) is 11.8 Å². The van der Waals surface area contributed by atoms with Crippen molar-refractivity contribution in [2.24, 2.45) is 5.92 Å². The zero-order chi connectivity index (χ0) is 14.7. The monoisotopic (exact) mass is 270 g/mol. The third-order valence-corrected chi connectivity index (χ3v) is 3.45. The normalized spacial score (nSPS) is 22.6. The fourth-order valence-electron chi connectivity index (χ4n) is 2.43. The highest BCUT2D eigenvalue weighted by atomic mass is 16.2. The molecule has 0 aromatic heterocycles. The molecule has 1 N–H and O–H groups in total. The van der Waals surface area contributed by atoms with Crippen LogP contribution in [0.4, 0.5) is 0 Å². The first kappa shape index (κ1) is 14.1. The SMILES string of the molecule is C#CCN1C(=O)C(C(C)C)NC(=O)C1c1ccccc1. The predicted molar refractivity (Wildman–Crippen MR) is 76.5 cm³/mol. The Hall–Kier alpha value is -2.28. The first-order chi connectivity index (χ1) is 9.56. The zero-order valence-electron chi connectivity index (χ0n) is 11.7. The number of amides is 2. The Bertz CT molecular complexity index is 545. The van der Waals surface area contributed by atoms with Gasteiger partial charge >= 0.3 is 0 Å². The molecule has 2 unspecified atom stereocenters. The van der Waals surface area contributed by atoms with E-state index in [1.807, 2.05) is 44.2 Å². The van der Waals surface area contributed by atoms with Crippen molar-refractivity contribution in [3.05, 3.63) is 35.9 Å². The van der Waals surface area contributed by atoms with Gasteiger partial charge in [-0.05, 0) is 11.5 Å². The average molecular weight is 270 g/mol. The van der Waals surface area contributed by atoms with Gasteiger partial charge in [0.05, 0.1) is 6.54 Å². The maximum Gasteiger partial charge on any atom is 0.248 e. The Morgan fingerprint density at radius 1 is 1.30 bits per heavy atom. The van der Waals surface area contributed by atoms with Crippen molar-refractivity contribution in [1.82, 2.24) is 10.2 Å². The summed E-state index contributed by atoms with van der Waals surface area (Å²) in [7, 11) is 0. The highest BCUT2D eigenvalue weighted by Crippen LogP contribution is 2.26. The van der Waals surface area contributed by atoms with E-state index >= 15 is 0 Å². The van der Waals surface area contributed by atoms with Crippen LogP contribution in [0.3, 0.4) is 0 Å². The highest BCUT2D eigenvalue weighted by molar-refractivity contribution is 5.97. The summed E-state index contributed by atoms with van der Waals surface area (Å²) in [5.41, 5.74) is 0.774. The number of carbonyl (C=O) groups is 2. The highest BCUT2D eigenvalue weighted by Gasteiger charge is 2.41. The van der Waals surface area contributed by atoms with Crippen LogP contribution in [0.5, 0.6) is 0 Å². The van der Waals surface area contributed by atoms with Crippen LogP contribution in [0.15, 0.2) is 30.3 Å². The minimum Gasteiger partial charge on any atom is -0.342 e. The standard InChI is InChI=1S/C16H18N2O2/c1-4-10-18-14(12-8-6-5-7-9-12)15(19)17-13(11(2)3)16(18)20/h1,5-9,11,13-14H,10H2,2-3H3,(H,17,19). The molecule has 0 bridgehead atoms. The molecule has 4 heteroatoms. The lowest BCUT2D eigenvalue weighted by atomic mass is 9.94. The van der Waals surface area contributed by atoms with Gasteiger partial charge in [0.25, 0.3) is 0 Å². The molecule has 0 aliphatic carbocycles. The van der Waals surface area contributed by atoms with Crippen molar-refractivity contribution in [3.63, 3.8) is 0 Å². The molecular formula is C16H18N2O2. The van der Waals surface area contributed by atoms with Gasteiger partial charge in [0, 0.05) is 0 Å². The van der Waals surface area contributed by atoms with E-state index in [-0.39, 0.29) is 24.3 Å². The van der Waals surface area contributed by atoms with Crippen LogP contribution in [0.1, 0.15) is 25.5 Å². The van der Waals surface area contributed by atoms with E-state index in [1.165, 1.54) is 4.90 Å². The van der Waals surface area contributed by atoms with Crippen LogP contribution < -0.4 is 5.32 Å². The van der Waals surface area contributed by atoms with Gasteiger partial charge in [0.15, 0.2) is 0 Å². The van der Waals surface area contributed by atoms with Crippen molar-refractivity contribution >= 4 is 11.8 Å². The van der Waals surface area contributed by atoms with E-state index in [0.717, 1.165) is 5.56 Å². The topological polar surface area (TPSA) is 49.4 Å². The Balaban J connectivity index is 2.38. The third kappa shape index (κ3) is 2.53. The lowest BCUT2D eigenvalue weighted by Gasteiger charge is -2.39. The number of nitrogens with one attached hydrogen (secondary N) is 1. The molecule has 1 fully saturated rings. The van der Waals surface area contributed by atoms with Crippen LogP contribution in [-0.4, -0.2) is 29.3 Å². The van der Waals surface area contributed by atoms with E-state index in [1.54, 1.807) is 0 Å². The van der Waals surface area contributed by atoms with E-state index in [4.69, 9.17) is 6.42 Å². The van der Waals surface area contributed by atoms with Gasteiger partial charge in [-0.2, -0.15) is 0 Å². The summed E-state index contributed by atoms with van der Waals surface area (Å²) < 4.78 is 0. The Morgan fingerprint density at radius 2 is 1.95 bits per heavy atom. The number of piperazine rings is 1. The average Bonchev–Trinajstić information content (AvgIpc) is 2.43. The van der Waals surface area contributed by atoms with E-state index in [2.05, 4.69) is 11.2 Å². The van der Waals surface area contributed by atoms with Crippen molar-refractivity contribution in [2.45, 2.75) is 25.9 Å². The predicted octanol–water partition coefficient (Wildman–Crippen LogP) is 1.34. The van der Waals surface area contributed by atoms with Crippen LogP contribution in [-0.2, 0) is 9.59 Å². The van der Waals surface area contributed by atoms with Crippen molar-refractivity contribution in [3.8, 4) is 12.3 Å². The second kappa shape index (κ2) is 5.79. The van der Waals surface area contributed by atoms with Gasteiger partial charge < -0.3 is 10.2 Å². The van der Waals surface area contributed by atoms with Crippen molar-refractivity contribution < 1.29 is 9.59 Å². The number of hydrogen-bond donors (Lipinski definition) is 1. The number of benzene rings is 1. The molecule has 2 amide bonds. The lowest BCUT2D eigenvalue weighted by Crippen LogP contribution is -2.61. The summed E-state index contributed by atoms with van der Waals surface area (Å²) in [6.45, 7) is 3.94.